The molecular formula is C12H16N2O2. The third-order valence-electron chi connectivity index (χ3n) is 2.60. The van der Waals surface area contributed by atoms with E-state index in [1.807, 2.05) is 18.2 Å². The van der Waals surface area contributed by atoms with Gasteiger partial charge in [-0.15, -0.1) is 0 Å². The number of pyridine rings is 1. The molecule has 1 N–H and O–H groups in total. The maximum Gasteiger partial charge on any atom is 0.233 e. The molecule has 0 spiro atoms. The second-order valence-electron chi connectivity index (χ2n) is 4.18. The molecule has 0 aliphatic carbocycles. The summed E-state index contributed by atoms with van der Waals surface area (Å²) in [4.78, 5) is 27.0. The third-order valence-corrected chi connectivity index (χ3v) is 2.60. The van der Waals surface area contributed by atoms with E-state index in [1.165, 1.54) is 6.92 Å². The number of ketones is 1. The van der Waals surface area contributed by atoms with Gasteiger partial charge in [0.1, 0.15) is 11.2 Å². The van der Waals surface area contributed by atoms with Crippen LogP contribution in [0, 0.1) is 5.41 Å². The SMILES string of the molecule is CC(=O)C(C)(C)C(=O)NCc1ccccn1. The van der Waals surface area contributed by atoms with E-state index in [0.717, 1.165) is 5.69 Å². The number of aromatic nitrogens is 1. The Kier molecular flexibility index (Phi) is 3.77. The van der Waals surface area contributed by atoms with Crippen LogP contribution >= 0.6 is 0 Å². The van der Waals surface area contributed by atoms with Crippen molar-refractivity contribution in [3.63, 3.8) is 0 Å². The summed E-state index contributed by atoms with van der Waals surface area (Å²) in [5.41, 5.74) is -0.204. The van der Waals surface area contributed by atoms with Crippen molar-refractivity contribution in [2.45, 2.75) is 27.3 Å². The zero-order chi connectivity index (χ0) is 12.2. The Morgan fingerprint density at radius 2 is 2.06 bits per heavy atom. The highest BCUT2D eigenvalue weighted by atomic mass is 16.2. The van der Waals surface area contributed by atoms with Gasteiger partial charge in [-0.3, -0.25) is 14.6 Å². The average molecular weight is 220 g/mol. The lowest BCUT2D eigenvalue weighted by atomic mass is 9.88. The Hall–Kier alpha value is -1.71. The molecule has 0 radical (unpaired) electrons. The first-order chi connectivity index (χ1) is 7.44. The topological polar surface area (TPSA) is 59.1 Å². The molecule has 4 heteroatoms. The van der Waals surface area contributed by atoms with Gasteiger partial charge in [-0.25, -0.2) is 0 Å². The van der Waals surface area contributed by atoms with E-state index in [9.17, 15) is 9.59 Å². The molecule has 0 unspecified atom stereocenters. The molecule has 0 saturated carbocycles. The molecule has 0 aliphatic rings. The molecule has 1 aromatic heterocycles. The van der Waals surface area contributed by atoms with Crippen LogP contribution < -0.4 is 5.32 Å². The lowest BCUT2D eigenvalue weighted by molar-refractivity contribution is -0.138. The number of Topliss-reactive ketones (excluding diaryl/α,β-unsaturated/α-hetero) is 1. The van der Waals surface area contributed by atoms with Crippen molar-refractivity contribution in [3.05, 3.63) is 30.1 Å². The molecule has 4 nitrogen and oxygen atoms in total. The average Bonchev–Trinajstić information content (AvgIpc) is 2.27. The minimum atomic E-state index is -0.977. The van der Waals surface area contributed by atoms with Crippen LogP contribution in [0.25, 0.3) is 0 Å². The molecule has 0 fully saturated rings. The van der Waals surface area contributed by atoms with Crippen molar-refractivity contribution in [1.82, 2.24) is 10.3 Å². The molecule has 0 atom stereocenters. The van der Waals surface area contributed by atoms with Gasteiger partial charge >= 0.3 is 0 Å². The van der Waals surface area contributed by atoms with E-state index in [4.69, 9.17) is 0 Å². The molecule has 0 aromatic carbocycles. The molecule has 1 aromatic rings. The number of hydrogen-bond donors (Lipinski definition) is 1. The Morgan fingerprint density at radius 1 is 1.38 bits per heavy atom. The Bertz CT molecular complexity index is 385. The highest BCUT2D eigenvalue weighted by molar-refractivity contribution is 6.04. The number of rotatable bonds is 4. The molecular weight excluding hydrogens is 204 g/mol. The Morgan fingerprint density at radius 3 is 2.56 bits per heavy atom. The van der Waals surface area contributed by atoms with Gasteiger partial charge in [0.05, 0.1) is 12.2 Å². The summed E-state index contributed by atoms with van der Waals surface area (Å²) in [5, 5.41) is 2.70. The number of carbonyl (C=O) groups excluding carboxylic acids is 2. The maximum atomic E-state index is 11.7. The van der Waals surface area contributed by atoms with Gasteiger partial charge in [0.2, 0.25) is 5.91 Å². The molecule has 0 bridgehead atoms. The summed E-state index contributed by atoms with van der Waals surface area (Å²) in [7, 11) is 0. The van der Waals surface area contributed by atoms with Crippen LogP contribution in [-0.4, -0.2) is 16.7 Å². The monoisotopic (exact) mass is 220 g/mol. The second kappa shape index (κ2) is 4.88. The normalized spacial score (nSPS) is 10.9. The number of nitrogens with one attached hydrogen (secondary N) is 1. The third kappa shape index (κ3) is 2.89. The number of carbonyl (C=O) groups is 2. The van der Waals surface area contributed by atoms with Crippen molar-refractivity contribution in [2.75, 3.05) is 0 Å². The van der Waals surface area contributed by atoms with Crippen LogP contribution in [0.5, 0.6) is 0 Å². The maximum absolute atomic E-state index is 11.7. The van der Waals surface area contributed by atoms with Crippen molar-refractivity contribution in [3.8, 4) is 0 Å². The van der Waals surface area contributed by atoms with Gasteiger partial charge in [-0.2, -0.15) is 0 Å². The highest BCUT2D eigenvalue weighted by Crippen LogP contribution is 2.16. The highest BCUT2D eigenvalue weighted by Gasteiger charge is 2.32. The number of nitrogens with zero attached hydrogens (tertiary/aromatic N) is 1. The van der Waals surface area contributed by atoms with Gasteiger partial charge in [0.15, 0.2) is 0 Å². The summed E-state index contributed by atoms with van der Waals surface area (Å²) in [6, 6.07) is 5.48. The van der Waals surface area contributed by atoms with Crippen molar-refractivity contribution in [2.24, 2.45) is 5.41 Å². The van der Waals surface area contributed by atoms with Crippen LogP contribution in [0.1, 0.15) is 26.5 Å². The second-order valence-corrected chi connectivity index (χ2v) is 4.18. The zero-order valence-electron chi connectivity index (χ0n) is 9.78. The quantitative estimate of drug-likeness (QED) is 0.778. The molecule has 0 saturated heterocycles. The lowest BCUT2D eigenvalue weighted by Crippen LogP contribution is -2.41. The number of hydrogen-bond acceptors (Lipinski definition) is 3. The first-order valence-electron chi connectivity index (χ1n) is 5.14. The van der Waals surface area contributed by atoms with Gasteiger partial charge in [0, 0.05) is 6.20 Å². The Balaban J connectivity index is 2.57. The predicted octanol–water partition coefficient (Wildman–Crippen LogP) is 1.31. The van der Waals surface area contributed by atoms with Crippen molar-refractivity contribution in [1.29, 1.82) is 0 Å². The van der Waals surface area contributed by atoms with Crippen LogP contribution in [0.3, 0.4) is 0 Å². The molecule has 0 aliphatic heterocycles. The van der Waals surface area contributed by atoms with E-state index in [1.54, 1.807) is 20.0 Å². The molecule has 86 valence electrons. The van der Waals surface area contributed by atoms with Gasteiger partial charge < -0.3 is 5.32 Å². The van der Waals surface area contributed by atoms with Crippen LogP contribution in [0.2, 0.25) is 0 Å². The van der Waals surface area contributed by atoms with Gasteiger partial charge in [-0.1, -0.05) is 6.07 Å². The summed E-state index contributed by atoms with van der Waals surface area (Å²) in [6.45, 7) is 4.99. The molecule has 1 amide bonds. The summed E-state index contributed by atoms with van der Waals surface area (Å²) in [6.07, 6.45) is 1.66. The van der Waals surface area contributed by atoms with Gasteiger partial charge in [0.25, 0.3) is 0 Å². The Labute approximate surface area is 95.1 Å². The smallest absolute Gasteiger partial charge is 0.233 e. The molecule has 16 heavy (non-hydrogen) atoms. The first-order valence-corrected chi connectivity index (χ1v) is 5.14. The van der Waals surface area contributed by atoms with E-state index >= 15 is 0 Å². The van der Waals surface area contributed by atoms with Crippen molar-refractivity contribution < 1.29 is 9.59 Å². The van der Waals surface area contributed by atoms with Crippen LogP contribution in [0.15, 0.2) is 24.4 Å². The van der Waals surface area contributed by atoms with Gasteiger partial charge in [-0.05, 0) is 32.9 Å². The first kappa shape index (κ1) is 12.4. The fourth-order valence-electron chi connectivity index (χ4n) is 1.05. The minimum Gasteiger partial charge on any atom is -0.350 e. The molecule has 1 rings (SSSR count). The van der Waals surface area contributed by atoms with E-state index in [2.05, 4.69) is 10.3 Å². The standard InChI is InChI=1S/C12H16N2O2/c1-9(15)12(2,3)11(16)14-8-10-6-4-5-7-13-10/h4-7H,8H2,1-3H3,(H,14,16). The fourth-order valence-corrected chi connectivity index (χ4v) is 1.05. The lowest BCUT2D eigenvalue weighted by Gasteiger charge is -2.19. The van der Waals surface area contributed by atoms with E-state index in [0.29, 0.717) is 6.54 Å². The van der Waals surface area contributed by atoms with Crippen LogP contribution in [-0.2, 0) is 16.1 Å². The summed E-state index contributed by atoms with van der Waals surface area (Å²) in [5.74, 6) is -0.420. The molecule has 1 heterocycles. The minimum absolute atomic E-state index is 0.147. The summed E-state index contributed by atoms with van der Waals surface area (Å²) < 4.78 is 0. The van der Waals surface area contributed by atoms with E-state index in [-0.39, 0.29) is 11.7 Å². The van der Waals surface area contributed by atoms with Crippen LogP contribution in [0.4, 0.5) is 0 Å². The van der Waals surface area contributed by atoms with E-state index < -0.39 is 5.41 Å². The predicted molar refractivity (Wildman–Crippen MR) is 60.5 cm³/mol. The number of amides is 1. The largest absolute Gasteiger partial charge is 0.350 e. The fraction of sp³-hybridized carbons (Fsp3) is 0.417. The zero-order valence-corrected chi connectivity index (χ0v) is 9.78. The van der Waals surface area contributed by atoms with Crippen molar-refractivity contribution >= 4 is 11.7 Å². The summed E-state index contributed by atoms with van der Waals surface area (Å²) >= 11 is 0.